The molecule has 0 saturated carbocycles. The molecule has 0 unspecified atom stereocenters. The van der Waals surface area contributed by atoms with Crippen LogP contribution in [0, 0.1) is 45.9 Å². The van der Waals surface area contributed by atoms with Crippen molar-refractivity contribution in [2.24, 2.45) is 0 Å². The second-order valence-corrected chi connectivity index (χ2v) is 47.9. The molecule has 0 aromatic heterocycles. The minimum Gasteiger partial charge on any atom is -0.289 e. The van der Waals surface area contributed by atoms with E-state index in [4.69, 9.17) is 0 Å². The van der Waals surface area contributed by atoms with Crippen LogP contribution in [-0.4, -0.2) is 43.9 Å². The quantitative estimate of drug-likeness (QED) is 0.0922. The molecule has 0 bridgehead atoms. The van der Waals surface area contributed by atoms with E-state index in [0.29, 0.717) is 88.7 Å². The highest BCUT2D eigenvalue weighted by atomic mass is 28.3. The molecule has 4 aromatic rings. The van der Waals surface area contributed by atoms with Crippen LogP contribution in [0.2, 0.25) is 66.5 Å². The van der Waals surface area contributed by atoms with Crippen LogP contribution in [0.15, 0.2) is 48.5 Å². The van der Waals surface area contributed by atoms with Crippen LogP contribution in [0.4, 0.5) is 0 Å². The number of benzene rings is 4. The fraction of sp³-hybridized carbons (Fsp3) is 0.545. The fourth-order valence-electron chi connectivity index (χ4n) is 14.6. The summed E-state index contributed by atoms with van der Waals surface area (Å²) >= 11 is 0. The van der Waals surface area contributed by atoms with Gasteiger partial charge in [-0.1, -0.05) is 190 Å². The number of hydrogen-bond acceptors (Lipinski definition) is 2. The average molecular weight is 1030 g/mol. The van der Waals surface area contributed by atoms with Crippen LogP contribution in [0.5, 0.6) is 0 Å². The third-order valence-electron chi connectivity index (χ3n) is 18.3. The van der Waals surface area contributed by atoms with Crippen molar-refractivity contribution in [1.29, 1.82) is 0 Å². The predicted octanol–water partition coefficient (Wildman–Crippen LogP) is 19.0. The minimum absolute atomic E-state index is 0.128. The van der Waals surface area contributed by atoms with Crippen LogP contribution in [0.3, 0.4) is 0 Å². The van der Waals surface area contributed by atoms with Crippen molar-refractivity contribution in [3.8, 4) is 45.9 Å². The first-order chi connectivity index (χ1) is 33.4. The Morgan fingerprint density at radius 2 is 0.389 bits per heavy atom. The lowest BCUT2D eigenvalue weighted by Crippen LogP contribution is -2.43. The van der Waals surface area contributed by atoms with E-state index >= 15 is 0 Å². The zero-order chi connectivity index (χ0) is 54.3. The summed E-state index contributed by atoms with van der Waals surface area (Å²) < 4.78 is 0. The second-order valence-electron chi connectivity index (χ2n) is 25.5. The Morgan fingerprint density at radius 1 is 0.250 bits per heavy atom. The molecule has 1 aliphatic carbocycles. The summed E-state index contributed by atoms with van der Waals surface area (Å²) in [6.45, 7) is 56.4. The van der Waals surface area contributed by atoms with Crippen LogP contribution in [-0.2, 0) is 0 Å². The maximum absolute atomic E-state index is 15.0. The third-order valence-corrected chi connectivity index (χ3v) is 43.5. The molecule has 1 aliphatic rings. The molecular formula is C66H92O2Si4. The lowest BCUT2D eigenvalue weighted by atomic mass is 9.81. The number of carbonyl (C=O) groups is 2. The Kier molecular flexibility index (Phi) is 18.2. The third kappa shape index (κ3) is 10.3. The number of rotatable bonds is 12. The van der Waals surface area contributed by atoms with Gasteiger partial charge in [-0.2, -0.15) is 0 Å². The SMILES string of the molecule is CC(C)[Si](C#Cc1cc2cc3c(cc2cc1C#C[Si](C(C)C)(C(C)C)C(C)C)C(=O)c1cc2cc(C#C[Si](C(C)C)(C(C)C)C(C)C)c(C#C[Si](C(C)C)(C(C)C)C(C)C)cc2cc1C3=O)(C(C)C)C(C)C. The highest BCUT2D eigenvalue weighted by Gasteiger charge is 2.45. The first-order valence-corrected chi connectivity index (χ1v) is 36.8. The molecule has 0 aliphatic heterocycles. The van der Waals surface area contributed by atoms with Crippen LogP contribution in [0.1, 0.15) is 220 Å². The Hall–Kier alpha value is -4.15. The molecule has 5 rings (SSSR count). The summed E-state index contributed by atoms with van der Waals surface area (Å²) in [4.78, 5) is 30.0. The molecule has 6 heteroatoms. The normalized spacial score (nSPS) is 13.6. The first-order valence-electron chi connectivity index (χ1n) is 27.8. The molecule has 0 N–H and O–H groups in total. The summed E-state index contributed by atoms with van der Waals surface area (Å²) in [6.07, 6.45) is 0. The van der Waals surface area contributed by atoms with Crippen LogP contribution in [0.25, 0.3) is 21.5 Å². The molecule has 0 amide bonds. The average Bonchev–Trinajstić information content (AvgIpc) is 3.26. The van der Waals surface area contributed by atoms with Gasteiger partial charge in [0.2, 0.25) is 0 Å². The van der Waals surface area contributed by atoms with Gasteiger partial charge in [0.05, 0.1) is 0 Å². The Labute approximate surface area is 443 Å². The molecular weight excluding hydrogens is 937 g/mol. The summed E-state index contributed by atoms with van der Waals surface area (Å²) in [7, 11) is -8.39. The van der Waals surface area contributed by atoms with Gasteiger partial charge in [0, 0.05) is 44.5 Å². The van der Waals surface area contributed by atoms with Gasteiger partial charge in [0.25, 0.3) is 0 Å². The highest BCUT2D eigenvalue weighted by molar-refractivity contribution is 6.92. The van der Waals surface area contributed by atoms with E-state index in [-0.39, 0.29) is 11.6 Å². The first kappa shape index (κ1) is 58.7. The van der Waals surface area contributed by atoms with E-state index in [1.54, 1.807) is 0 Å². The van der Waals surface area contributed by atoms with Gasteiger partial charge in [-0.25, -0.2) is 0 Å². The monoisotopic (exact) mass is 1030 g/mol. The molecule has 2 nitrogen and oxygen atoms in total. The molecule has 72 heavy (non-hydrogen) atoms. The number of fused-ring (bicyclic) bond motifs is 4. The van der Waals surface area contributed by atoms with Crippen molar-refractivity contribution in [2.75, 3.05) is 0 Å². The van der Waals surface area contributed by atoms with Crippen LogP contribution >= 0.6 is 0 Å². The van der Waals surface area contributed by atoms with Gasteiger partial charge < -0.3 is 0 Å². The van der Waals surface area contributed by atoms with Gasteiger partial charge in [-0.3, -0.25) is 9.59 Å². The van der Waals surface area contributed by atoms with E-state index < -0.39 is 32.3 Å². The second kappa shape index (κ2) is 22.4. The fourth-order valence-corrected chi connectivity index (χ4v) is 35.5. The van der Waals surface area contributed by atoms with Crippen molar-refractivity contribution in [3.63, 3.8) is 0 Å². The van der Waals surface area contributed by atoms with Gasteiger partial charge in [0.15, 0.2) is 11.6 Å². The topological polar surface area (TPSA) is 34.1 Å². The zero-order valence-corrected chi connectivity index (χ0v) is 53.4. The van der Waals surface area contributed by atoms with Gasteiger partial charge in [-0.15, -0.1) is 22.2 Å². The van der Waals surface area contributed by atoms with Crippen molar-refractivity contribution >= 4 is 65.4 Å². The predicted molar refractivity (Wildman–Crippen MR) is 326 cm³/mol. The van der Waals surface area contributed by atoms with Gasteiger partial charge in [0.1, 0.15) is 32.3 Å². The minimum atomic E-state index is -2.10. The summed E-state index contributed by atoms with van der Waals surface area (Å²) in [5.74, 6) is 14.9. The maximum Gasteiger partial charge on any atom is 0.194 e. The van der Waals surface area contributed by atoms with Crippen molar-refractivity contribution < 1.29 is 9.59 Å². The molecule has 0 heterocycles. The van der Waals surface area contributed by atoms with Gasteiger partial charge in [-0.05, 0) is 137 Å². The lowest BCUT2D eigenvalue weighted by molar-refractivity contribution is 0.0979. The largest absolute Gasteiger partial charge is 0.289 e. The molecule has 384 valence electrons. The Bertz CT molecular complexity index is 2490. The smallest absolute Gasteiger partial charge is 0.194 e. The number of ketones is 2. The number of hydrogen-bond donors (Lipinski definition) is 0. The van der Waals surface area contributed by atoms with E-state index in [1.165, 1.54) is 0 Å². The molecule has 0 spiro atoms. The molecule has 0 fully saturated rings. The lowest BCUT2D eigenvalue weighted by Gasteiger charge is -2.38. The summed E-state index contributed by atoms with van der Waals surface area (Å²) in [6, 6.07) is 16.4. The highest BCUT2D eigenvalue weighted by Crippen LogP contribution is 2.45. The molecule has 0 radical (unpaired) electrons. The van der Waals surface area contributed by atoms with Crippen molar-refractivity contribution in [3.05, 3.63) is 93.0 Å². The van der Waals surface area contributed by atoms with Gasteiger partial charge >= 0.3 is 0 Å². The van der Waals surface area contributed by atoms with Crippen molar-refractivity contribution in [2.45, 2.75) is 233 Å². The summed E-state index contributed by atoms with van der Waals surface area (Å²) in [5, 5.41) is 3.60. The van der Waals surface area contributed by atoms with E-state index in [0.717, 1.165) is 43.8 Å². The van der Waals surface area contributed by atoms with Crippen LogP contribution < -0.4 is 0 Å². The summed E-state index contributed by atoms with van der Waals surface area (Å²) in [5.41, 5.74) is 27.2. The standard InChI is InChI=1S/C66H92O2Si4/c1-41(2)69(42(3)4,43(5)6)29-25-53-33-57-37-61-62(38-58(57)34-54(53)26-30-70(44(7)8,45(9)10)46(11)12)66(68)64-40-60-36-56(28-32-72(50(19)20,51(21)22)52(23)24)55(35-59(60)39-63(64)65(61)67)27-31-71(47(13)14,48(15)16)49(17)18/h33-52H,1-24H3. The number of carbonyl (C=O) groups excluding carboxylic acids is 2. The van der Waals surface area contributed by atoms with E-state index in [1.807, 2.05) is 24.3 Å². The van der Waals surface area contributed by atoms with E-state index in [2.05, 4.69) is 236 Å². The Morgan fingerprint density at radius 3 is 0.514 bits per heavy atom. The molecule has 4 aromatic carbocycles. The van der Waals surface area contributed by atoms with E-state index in [9.17, 15) is 9.59 Å². The maximum atomic E-state index is 15.0. The molecule has 0 atom stereocenters. The Balaban J connectivity index is 1.84. The zero-order valence-electron chi connectivity index (χ0n) is 49.4. The molecule has 0 saturated heterocycles. The van der Waals surface area contributed by atoms with Crippen molar-refractivity contribution in [1.82, 2.24) is 0 Å².